The van der Waals surface area contributed by atoms with E-state index in [1.807, 2.05) is 67.0 Å². The minimum absolute atomic E-state index is 0.385. The summed E-state index contributed by atoms with van der Waals surface area (Å²) in [6, 6.07) is 13.6. The van der Waals surface area contributed by atoms with Crippen LogP contribution in [-0.2, 0) is 0 Å². The zero-order valence-corrected chi connectivity index (χ0v) is 14.7. The molecule has 4 aromatic rings. The van der Waals surface area contributed by atoms with Gasteiger partial charge in [-0.25, -0.2) is 9.97 Å². The standard InChI is InChI=1S/C9H9N3S.C9H7N3/c1-6-8(9(10)13)12-5-3-2-4-7(12)11-6;1-7-8(6-10)12-5-3-2-4-9(12)11-7/h2-5H,1H3,(H2,10,13);2-5H,1H3. The molecular weight excluding hydrogens is 332 g/mol. The van der Waals surface area contributed by atoms with Gasteiger partial charge in [0, 0.05) is 12.4 Å². The number of nitrogens with zero attached hydrogens (tertiary/aromatic N) is 5. The van der Waals surface area contributed by atoms with Crippen LogP contribution in [0.4, 0.5) is 0 Å². The van der Waals surface area contributed by atoms with Crippen molar-refractivity contribution < 1.29 is 0 Å². The van der Waals surface area contributed by atoms with E-state index in [1.54, 1.807) is 4.40 Å². The van der Waals surface area contributed by atoms with Crippen molar-refractivity contribution in [3.8, 4) is 6.07 Å². The summed E-state index contributed by atoms with van der Waals surface area (Å²) in [5.74, 6) is 0. The van der Waals surface area contributed by atoms with Crippen molar-refractivity contribution >= 4 is 28.5 Å². The maximum atomic E-state index is 8.79. The van der Waals surface area contributed by atoms with Crippen LogP contribution in [0.3, 0.4) is 0 Å². The Morgan fingerprint density at radius 3 is 2.16 bits per heavy atom. The van der Waals surface area contributed by atoms with E-state index in [1.165, 1.54) is 0 Å². The van der Waals surface area contributed by atoms with Gasteiger partial charge >= 0.3 is 0 Å². The molecule has 0 fully saturated rings. The van der Waals surface area contributed by atoms with Gasteiger partial charge in [0.15, 0.2) is 0 Å². The Labute approximate surface area is 150 Å². The van der Waals surface area contributed by atoms with Crippen LogP contribution in [0.5, 0.6) is 0 Å². The summed E-state index contributed by atoms with van der Waals surface area (Å²) >= 11 is 4.95. The van der Waals surface area contributed by atoms with Crippen LogP contribution in [-0.4, -0.2) is 23.8 Å². The zero-order chi connectivity index (χ0) is 18.0. The van der Waals surface area contributed by atoms with E-state index in [0.29, 0.717) is 10.7 Å². The molecule has 0 aliphatic carbocycles. The van der Waals surface area contributed by atoms with Crippen molar-refractivity contribution in [2.75, 3.05) is 0 Å². The maximum Gasteiger partial charge on any atom is 0.147 e. The van der Waals surface area contributed by atoms with E-state index in [4.69, 9.17) is 23.2 Å². The molecule has 0 aromatic carbocycles. The SMILES string of the molecule is Cc1nc2ccccn2c1C#N.Cc1nc2ccccn2c1C(N)=S. The third-order valence-corrected chi connectivity index (χ3v) is 3.94. The molecule has 2 N–H and O–H groups in total. The fourth-order valence-corrected chi connectivity index (χ4v) is 2.90. The van der Waals surface area contributed by atoms with E-state index in [2.05, 4.69) is 16.0 Å². The number of thiocarbonyl (C=S) groups is 1. The Bertz CT molecular complexity index is 1120. The van der Waals surface area contributed by atoms with Crippen LogP contribution in [0.25, 0.3) is 11.3 Å². The molecule has 6 nitrogen and oxygen atoms in total. The molecule has 0 atom stereocenters. The lowest BCUT2D eigenvalue weighted by atomic mass is 10.3. The first-order valence-corrected chi connectivity index (χ1v) is 8.01. The van der Waals surface area contributed by atoms with Crippen molar-refractivity contribution in [2.24, 2.45) is 5.73 Å². The van der Waals surface area contributed by atoms with Gasteiger partial charge < -0.3 is 5.73 Å². The fourth-order valence-electron chi connectivity index (χ4n) is 2.66. The van der Waals surface area contributed by atoms with Gasteiger partial charge in [0.2, 0.25) is 0 Å². The van der Waals surface area contributed by atoms with E-state index >= 15 is 0 Å². The number of hydrogen-bond donors (Lipinski definition) is 1. The van der Waals surface area contributed by atoms with Crippen LogP contribution >= 0.6 is 12.2 Å². The predicted octanol–water partition coefficient (Wildman–Crippen LogP) is 2.79. The molecule has 0 spiro atoms. The molecule has 0 aliphatic heterocycles. The van der Waals surface area contributed by atoms with Gasteiger partial charge in [-0.2, -0.15) is 5.26 Å². The Balaban J connectivity index is 0.000000146. The highest BCUT2D eigenvalue weighted by Gasteiger charge is 2.09. The molecule has 124 valence electrons. The van der Waals surface area contributed by atoms with Crippen LogP contribution in [0, 0.1) is 25.2 Å². The third kappa shape index (κ3) is 3.07. The van der Waals surface area contributed by atoms with Gasteiger partial charge in [0.1, 0.15) is 33.7 Å². The quantitative estimate of drug-likeness (QED) is 0.535. The summed E-state index contributed by atoms with van der Waals surface area (Å²) in [6.45, 7) is 3.74. The van der Waals surface area contributed by atoms with E-state index in [9.17, 15) is 0 Å². The molecule has 4 rings (SSSR count). The molecule has 4 aromatic heterocycles. The number of imidazole rings is 2. The van der Waals surface area contributed by atoms with Gasteiger partial charge in [-0.15, -0.1) is 0 Å². The lowest BCUT2D eigenvalue weighted by Crippen LogP contribution is -2.13. The molecule has 25 heavy (non-hydrogen) atoms. The van der Waals surface area contributed by atoms with Crippen molar-refractivity contribution in [3.05, 3.63) is 71.6 Å². The van der Waals surface area contributed by atoms with Crippen molar-refractivity contribution in [1.82, 2.24) is 18.8 Å². The van der Waals surface area contributed by atoms with Crippen LogP contribution in [0.1, 0.15) is 22.8 Å². The number of nitrogens with two attached hydrogens (primary N) is 1. The van der Waals surface area contributed by atoms with Crippen LogP contribution in [0.2, 0.25) is 0 Å². The fraction of sp³-hybridized carbons (Fsp3) is 0.111. The second-order valence-corrected chi connectivity index (χ2v) is 5.87. The summed E-state index contributed by atoms with van der Waals surface area (Å²) in [5.41, 5.74) is 10.4. The number of aryl methyl sites for hydroxylation is 2. The van der Waals surface area contributed by atoms with Crippen LogP contribution in [0.15, 0.2) is 48.8 Å². The highest BCUT2D eigenvalue weighted by atomic mass is 32.1. The number of hydrogen-bond acceptors (Lipinski definition) is 4. The average Bonchev–Trinajstić information content (AvgIpc) is 3.10. The second-order valence-electron chi connectivity index (χ2n) is 5.43. The minimum atomic E-state index is 0.385. The molecule has 0 aliphatic rings. The van der Waals surface area contributed by atoms with E-state index in [0.717, 1.165) is 28.4 Å². The number of rotatable bonds is 1. The summed E-state index contributed by atoms with van der Waals surface area (Å²) < 4.78 is 3.69. The maximum absolute atomic E-state index is 8.79. The molecule has 0 saturated carbocycles. The van der Waals surface area contributed by atoms with Crippen molar-refractivity contribution in [1.29, 1.82) is 5.26 Å². The highest BCUT2D eigenvalue weighted by molar-refractivity contribution is 7.80. The molecule has 0 unspecified atom stereocenters. The first-order chi connectivity index (χ1) is 12.0. The first-order valence-electron chi connectivity index (χ1n) is 7.60. The van der Waals surface area contributed by atoms with Crippen LogP contribution < -0.4 is 5.73 Å². The third-order valence-electron chi connectivity index (χ3n) is 3.75. The summed E-state index contributed by atoms with van der Waals surface area (Å²) in [7, 11) is 0. The summed E-state index contributed by atoms with van der Waals surface area (Å²) in [6.07, 6.45) is 3.75. The van der Waals surface area contributed by atoms with E-state index in [-0.39, 0.29) is 0 Å². The zero-order valence-electron chi connectivity index (χ0n) is 13.8. The number of pyridine rings is 2. The van der Waals surface area contributed by atoms with E-state index < -0.39 is 0 Å². The first kappa shape index (κ1) is 16.6. The second kappa shape index (κ2) is 6.71. The molecule has 7 heteroatoms. The van der Waals surface area contributed by atoms with Gasteiger partial charge in [0.25, 0.3) is 0 Å². The van der Waals surface area contributed by atoms with Gasteiger partial charge in [0.05, 0.1) is 11.4 Å². The largest absolute Gasteiger partial charge is 0.388 e. The Morgan fingerprint density at radius 2 is 1.56 bits per heavy atom. The molecular formula is C18H16N6S. The molecule has 0 amide bonds. The van der Waals surface area contributed by atoms with Crippen molar-refractivity contribution in [2.45, 2.75) is 13.8 Å². The lowest BCUT2D eigenvalue weighted by Gasteiger charge is -1.98. The highest BCUT2D eigenvalue weighted by Crippen LogP contribution is 2.11. The Morgan fingerprint density at radius 1 is 1.00 bits per heavy atom. The monoisotopic (exact) mass is 348 g/mol. The Kier molecular flexibility index (Phi) is 4.46. The summed E-state index contributed by atoms with van der Waals surface area (Å²) in [5, 5.41) is 8.79. The van der Waals surface area contributed by atoms with Gasteiger partial charge in [-0.3, -0.25) is 8.80 Å². The predicted molar refractivity (Wildman–Crippen MR) is 100 cm³/mol. The number of aromatic nitrogens is 4. The number of fused-ring (bicyclic) bond motifs is 2. The molecule has 0 saturated heterocycles. The van der Waals surface area contributed by atoms with Gasteiger partial charge in [-0.1, -0.05) is 24.4 Å². The molecule has 0 radical (unpaired) electrons. The smallest absolute Gasteiger partial charge is 0.147 e. The summed E-state index contributed by atoms with van der Waals surface area (Å²) in [4.78, 5) is 8.94. The Hall–Kier alpha value is -3.24. The van der Waals surface area contributed by atoms with Crippen molar-refractivity contribution in [3.63, 3.8) is 0 Å². The average molecular weight is 348 g/mol. The topological polar surface area (TPSA) is 84.4 Å². The lowest BCUT2D eigenvalue weighted by molar-refractivity contribution is 1.14. The number of nitriles is 1. The molecule has 4 heterocycles. The van der Waals surface area contributed by atoms with Gasteiger partial charge in [-0.05, 0) is 38.1 Å². The minimum Gasteiger partial charge on any atom is -0.388 e. The molecule has 0 bridgehead atoms. The normalized spacial score (nSPS) is 10.3.